The molecule has 4 aliphatic heterocycles. The Morgan fingerprint density at radius 1 is 0.900 bits per heavy atom. The van der Waals surface area contributed by atoms with Gasteiger partial charge in [-0.25, -0.2) is 4.79 Å². The van der Waals surface area contributed by atoms with Gasteiger partial charge in [-0.1, -0.05) is 11.6 Å². The van der Waals surface area contributed by atoms with Crippen molar-refractivity contribution >= 4 is 23.5 Å². The minimum absolute atomic E-state index is 0.00854. The van der Waals surface area contributed by atoms with Gasteiger partial charge in [0, 0.05) is 56.4 Å². The van der Waals surface area contributed by atoms with E-state index < -0.39 is 0 Å². The zero-order valence-corrected chi connectivity index (χ0v) is 17.7. The topological polar surface area (TPSA) is 65.6 Å². The summed E-state index contributed by atoms with van der Waals surface area (Å²) < 4.78 is 11.1. The van der Waals surface area contributed by atoms with Gasteiger partial charge in [0.2, 0.25) is 0 Å². The van der Waals surface area contributed by atoms with Crippen LogP contribution in [0.3, 0.4) is 0 Å². The smallest absolute Gasteiger partial charge is 0.320 e. The summed E-state index contributed by atoms with van der Waals surface area (Å²) in [5.41, 5.74) is 0.441. The zero-order chi connectivity index (χ0) is 20.7. The number of piperazine rings is 1. The van der Waals surface area contributed by atoms with Crippen LogP contribution in [-0.4, -0.2) is 115 Å². The van der Waals surface area contributed by atoms with Crippen LogP contribution in [0.25, 0.3) is 0 Å². The number of urea groups is 1. The maximum Gasteiger partial charge on any atom is 0.320 e. The highest BCUT2D eigenvalue weighted by molar-refractivity contribution is 6.30. The second kappa shape index (κ2) is 8.00. The van der Waals surface area contributed by atoms with E-state index in [0.717, 1.165) is 6.54 Å². The molecule has 30 heavy (non-hydrogen) atoms. The number of carbonyl (C=O) groups is 2. The van der Waals surface area contributed by atoms with E-state index in [1.54, 1.807) is 24.3 Å². The van der Waals surface area contributed by atoms with Crippen molar-refractivity contribution in [3.8, 4) is 0 Å². The van der Waals surface area contributed by atoms with Gasteiger partial charge < -0.3 is 24.2 Å². The molecule has 4 saturated heterocycles. The summed E-state index contributed by atoms with van der Waals surface area (Å²) >= 11 is 5.98. The molecule has 162 valence electrons. The van der Waals surface area contributed by atoms with Gasteiger partial charge in [-0.2, -0.15) is 0 Å². The Morgan fingerprint density at radius 3 is 2.30 bits per heavy atom. The lowest BCUT2D eigenvalue weighted by Crippen LogP contribution is -2.82. The zero-order valence-electron chi connectivity index (χ0n) is 17.0. The Hall–Kier alpha value is -1.87. The molecular formula is C21H27ClN4O4. The van der Waals surface area contributed by atoms with Crippen LogP contribution in [0.15, 0.2) is 24.3 Å². The fraction of sp³-hybridized carbons (Fsp3) is 0.619. The fourth-order valence-corrected chi connectivity index (χ4v) is 5.29. The average Bonchev–Trinajstić information content (AvgIpc) is 2.77. The molecule has 0 N–H and O–H groups in total. The van der Waals surface area contributed by atoms with Gasteiger partial charge in [-0.3, -0.25) is 9.69 Å². The summed E-state index contributed by atoms with van der Waals surface area (Å²) in [6.45, 7) is 7.18. The SMILES string of the molecule is O=C(c1ccc(Cl)cc1)N1CC2COCCN2C2(C1)CN(C(=O)N1CCOCC1)C2. The molecule has 0 radical (unpaired) electrons. The van der Waals surface area contributed by atoms with Crippen LogP contribution >= 0.6 is 11.6 Å². The molecular weight excluding hydrogens is 408 g/mol. The van der Waals surface area contributed by atoms with Crippen molar-refractivity contribution in [1.82, 2.24) is 19.6 Å². The van der Waals surface area contributed by atoms with E-state index in [0.29, 0.717) is 76.3 Å². The third-order valence-corrected chi connectivity index (χ3v) is 6.91. The van der Waals surface area contributed by atoms with E-state index in [4.69, 9.17) is 21.1 Å². The predicted molar refractivity (Wildman–Crippen MR) is 111 cm³/mol. The molecule has 1 aromatic carbocycles. The number of hydrogen-bond donors (Lipinski definition) is 0. The molecule has 1 aromatic rings. The minimum atomic E-state index is -0.198. The van der Waals surface area contributed by atoms with E-state index in [1.807, 2.05) is 14.7 Å². The molecule has 5 rings (SSSR count). The first kappa shape index (κ1) is 20.1. The number of amides is 3. The monoisotopic (exact) mass is 434 g/mol. The number of fused-ring (bicyclic) bond motifs is 2. The molecule has 4 fully saturated rings. The summed E-state index contributed by atoms with van der Waals surface area (Å²) in [5.74, 6) is 0.00854. The van der Waals surface area contributed by atoms with Gasteiger partial charge >= 0.3 is 6.03 Å². The maximum absolute atomic E-state index is 13.2. The van der Waals surface area contributed by atoms with E-state index in [-0.39, 0.29) is 23.5 Å². The van der Waals surface area contributed by atoms with Gasteiger partial charge in [0.05, 0.1) is 38.0 Å². The Morgan fingerprint density at radius 2 is 1.57 bits per heavy atom. The average molecular weight is 435 g/mol. The molecule has 4 aliphatic rings. The third-order valence-electron chi connectivity index (χ3n) is 6.65. The molecule has 0 saturated carbocycles. The van der Waals surface area contributed by atoms with Crippen molar-refractivity contribution < 1.29 is 19.1 Å². The van der Waals surface area contributed by atoms with Crippen molar-refractivity contribution in [2.24, 2.45) is 0 Å². The molecule has 0 aliphatic carbocycles. The first-order chi connectivity index (χ1) is 14.6. The lowest BCUT2D eigenvalue weighted by atomic mass is 9.82. The number of morpholine rings is 2. The van der Waals surface area contributed by atoms with Crippen molar-refractivity contribution in [3.63, 3.8) is 0 Å². The Labute approximate surface area is 181 Å². The van der Waals surface area contributed by atoms with E-state index in [1.165, 1.54) is 0 Å². The second-order valence-corrected chi connectivity index (χ2v) is 9.01. The van der Waals surface area contributed by atoms with E-state index in [9.17, 15) is 9.59 Å². The lowest BCUT2D eigenvalue weighted by molar-refractivity contribution is -0.150. The van der Waals surface area contributed by atoms with Crippen LogP contribution in [0.5, 0.6) is 0 Å². The van der Waals surface area contributed by atoms with Gasteiger partial charge in [0.1, 0.15) is 0 Å². The normalized spacial score (nSPS) is 26.3. The molecule has 9 heteroatoms. The molecule has 0 aromatic heterocycles. The predicted octanol–water partition coefficient (Wildman–Crippen LogP) is 1.00. The largest absolute Gasteiger partial charge is 0.378 e. The van der Waals surface area contributed by atoms with Gasteiger partial charge in [0.15, 0.2) is 0 Å². The molecule has 1 spiro atoms. The number of carbonyl (C=O) groups excluding carboxylic acids is 2. The summed E-state index contributed by atoms with van der Waals surface area (Å²) in [7, 11) is 0. The summed E-state index contributed by atoms with van der Waals surface area (Å²) in [6, 6.07) is 7.28. The number of ether oxygens (including phenoxy) is 2. The Bertz CT molecular complexity index is 808. The number of nitrogens with zero attached hydrogens (tertiary/aromatic N) is 4. The first-order valence-electron chi connectivity index (χ1n) is 10.6. The number of rotatable bonds is 1. The number of likely N-dealkylation sites (tertiary alicyclic amines) is 1. The maximum atomic E-state index is 13.2. The lowest BCUT2D eigenvalue weighted by Gasteiger charge is -2.63. The number of hydrogen-bond acceptors (Lipinski definition) is 5. The summed E-state index contributed by atoms with van der Waals surface area (Å²) in [5, 5.41) is 0.616. The molecule has 4 heterocycles. The highest BCUT2D eigenvalue weighted by Gasteiger charge is 2.56. The fourth-order valence-electron chi connectivity index (χ4n) is 5.16. The van der Waals surface area contributed by atoms with Crippen LogP contribution in [0.4, 0.5) is 4.79 Å². The van der Waals surface area contributed by atoms with E-state index >= 15 is 0 Å². The van der Waals surface area contributed by atoms with Gasteiger partial charge in [-0.15, -0.1) is 0 Å². The quantitative estimate of drug-likeness (QED) is 0.660. The molecule has 3 amide bonds. The molecule has 0 bridgehead atoms. The van der Waals surface area contributed by atoms with Crippen LogP contribution in [0, 0.1) is 0 Å². The minimum Gasteiger partial charge on any atom is -0.378 e. The Kier molecular flexibility index (Phi) is 5.35. The Balaban J connectivity index is 1.32. The number of benzene rings is 1. The highest BCUT2D eigenvalue weighted by atomic mass is 35.5. The third kappa shape index (κ3) is 3.56. The van der Waals surface area contributed by atoms with Crippen LogP contribution in [0.2, 0.25) is 5.02 Å². The van der Waals surface area contributed by atoms with E-state index in [2.05, 4.69) is 4.90 Å². The highest BCUT2D eigenvalue weighted by Crippen LogP contribution is 2.36. The van der Waals surface area contributed by atoms with Gasteiger partial charge in [0.25, 0.3) is 5.91 Å². The number of halogens is 1. The van der Waals surface area contributed by atoms with Crippen molar-refractivity contribution in [2.75, 3.05) is 72.2 Å². The van der Waals surface area contributed by atoms with Crippen LogP contribution in [-0.2, 0) is 9.47 Å². The molecule has 8 nitrogen and oxygen atoms in total. The molecule has 1 unspecified atom stereocenters. The molecule has 1 atom stereocenters. The van der Waals surface area contributed by atoms with Crippen LogP contribution < -0.4 is 0 Å². The van der Waals surface area contributed by atoms with Crippen molar-refractivity contribution in [3.05, 3.63) is 34.9 Å². The van der Waals surface area contributed by atoms with Crippen LogP contribution in [0.1, 0.15) is 10.4 Å². The van der Waals surface area contributed by atoms with Crippen molar-refractivity contribution in [2.45, 2.75) is 11.6 Å². The summed E-state index contributed by atoms with van der Waals surface area (Å²) in [6.07, 6.45) is 0. The van der Waals surface area contributed by atoms with Gasteiger partial charge in [-0.05, 0) is 24.3 Å². The summed E-state index contributed by atoms with van der Waals surface area (Å²) in [4.78, 5) is 34.3. The first-order valence-corrected chi connectivity index (χ1v) is 10.9. The van der Waals surface area contributed by atoms with Crippen molar-refractivity contribution in [1.29, 1.82) is 0 Å². The second-order valence-electron chi connectivity index (χ2n) is 8.58. The standard InChI is InChI=1S/C21H27ClN4O4/c22-17-3-1-16(2-4-17)19(27)24-11-18-12-30-10-7-26(18)21(13-24)14-25(15-21)20(28)23-5-8-29-9-6-23/h1-4,18H,5-15H2.